The van der Waals surface area contributed by atoms with Crippen LogP contribution in [0, 0.1) is 12.8 Å². The molecule has 0 aliphatic heterocycles. The summed E-state index contributed by atoms with van der Waals surface area (Å²) in [4.78, 5) is 12.1. The van der Waals surface area contributed by atoms with Crippen LogP contribution < -0.4 is 5.32 Å². The molecule has 1 fully saturated rings. The molecule has 0 radical (unpaired) electrons. The van der Waals surface area contributed by atoms with E-state index >= 15 is 0 Å². The van der Waals surface area contributed by atoms with Crippen LogP contribution >= 0.6 is 0 Å². The van der Waals surface area contributed by atoms with E-state index in [9.17, 15) is 4.79 Å². The molecule has 1 aliphatic carbocycles. The molecule has 0 aromatic heterocycles. The highest BCUT2D eigenvalue weighted by Crippen LogP contribution is 2.23. The average Bonchev–Trinajstić information content (AvgIpc) is 2.29. The minimum absolute atomic E-state index is 0.0854. The van der Waals surface area contributed by atoms with Crippen molar-refractivity contribution in [3.63, 3.8) is 0 Å². The summed E-state index contributed by atoms with van der Waals surface area (Å²) in [5.74, 6) is 0.827. The lowest BCUT2D eigenvalue weighted by Crippen LogP contribution is -2.38. The highest BCUT2D eigenvalue weighted by Gasteiger charge is 2.21. The number of benzene rings is 1. The van der Waals surface area contributed by atoms with Gasteiger partial charge >= 0.3 is 0 Å². The summed E-state index contributed by atoms with van der Waals surface area (Å²) in [6, 6.07) is 8.14. The second kappa shape index (κ2) is 5.35. The van der Waals surface area contributed by atoms with Gasteiger partial charge in [0.25, 0.3) is 5.91 Å². The third-order valence-corrected chi connectivity index (χ3v) is 3.66. The average molecular weight is 231 g/mol. The predicted octanol–water partition coefficient (Wildman–Crippen LogP) is 3.30. The van der Waals surface area contributed by atoms with Gasteiger partial charge in [-0.2, -0.15) is 0 Å². The fourth-order valence-corrected chi connectivity index (χ4v) is 2.66. The number of aryl methyl sites for hydroxylation is 1. The van der Waals surface area contributed by atoms with Crippen molar-refractivity contribution in [2.45, 2.75) is 45.6 Å². The molecule has 2 unspecified atom stereocenters. The van der Waals surface area contributed by atoms with Crippen molar-refractivity contribution in [3.8, 4) is 0 Å². The lowest BCUT2D eigenvalue weighted by atomic mass is 9.87. The fourth-order valence-electron chi connectivity index (χ4n) is 2.66. The molecule has 1 aromatic rings. The molecular formula is C15H21NO. The van der Waals surface area contributed by atoms with Crippen molar-refractivity contribution in [1.82, 2.24) is 5.32 Å². The second-order valence-corrected chi connectivity index (χ2v) is 5.26. The Morgan fingerprint density at radius 1 is 1.29 bits per heavy atom. The van der Waals surface area contributed by atoms with E-state index in [1.165, 1.54) is 12.8 Å². The summed E-state index contributed by atoms with van der Waals surface area (Å²) < 4.78 is 0. The Balaban J connectivity index is 1.99. The van der Waals surface area contributed by atoms with E-state index in [0.29, 0.717) is 6.04 Å². The molecule has 2 rings (SSSR count). The molecular weight excluding hydrogens is 210 g/mol. The molecule has 1 saturated carbocycles. The Kier molecular flexibility index (Phi) is 3.82. The third-order valence-electron chi connectivity index (χ3n) is 3.66. The minimum Gasteiger partial charge on any atom is -0.349 e. The maximum Gasteiger partial charge on any atom is 0.251 e. The maximum atomic E-state index is 12.1. The van der Waals surface area contributed by atoms with Gasteiger partial charge in [0.1, 0.15) is 0 Å². The van der Waals surface area contributed by atoms with Crippen molar-refractivity contribution < 1.29 is 4.79 Å². The van der Waals surface area contributed by atoms with Crippen LogP contribution in [0.3, 0.4) is 0 Å². The minimum atomic E-state index is 0.0854. The lowest BCUT2D eigenvalue weighted by Gasteiger charge is -2.27. The van der Waals surface area contributed by atoms with Crippen molar-refractivity contribution in [2.75, 3.05) is 0 Å². The summed E-state index contributed by atoms with van der Waals surface area (Å²) in [7, 11) is 0. The van der Waals surface area contributed by atoms with Crippen LogP contribution in [-0.4, -0.2) is 11.9 Å². The highest BCUT2D eigenvalue weighted by molar-refractivity contribution is 5.95. The Hall–Kier alpha value is -1.31. The van der Waals surface area contributed by atoms with E-state index in [2.05, 4.69) is 12.2 Å². The van der Waals surface area contributed by atoms with E-state index in [4.69, 9.17) is 0 Å². The van der Waals surface area contributed by atoms with E-state index in [1.54, 1.807) is 0 Å². The Morgan fingerprint density at radius 3 is 2.76 bits per heavy atom. The first-order chi connectivity index (χ1) is 8.16. The van der Waals surface area contributed by atoms with E-state index in [-0.39, 0.29) is 5.91 Å². The molecule has 1 aromatic carbocycles. The van der Waals surface area contributed by atoms with Crippen LogP contribution in [0.15, 0.2) is 24.3 Å². The highest BCUT2D eigenvalue weighted by atomic mass is 16.1. The molecule has 0 bridgehead atoms. The molecule has 2 atom stereocenters. The van der Waals surface area contributed by atoms with Crippen molar-refractivity contribution >= 4 is 5.91 Å². The summed E-state index contributed by atoms with van der Waals surface area (Å²) in [6.07, 6.45) is 4.79. The first-order valence-corrected chi connectivity index (χ1v) is 6.53. The topological polar surface area (TPSA) is 29.1 Å². The van der Waals surface area contributed by atoms with Crippen LogP contribution in [0.25, 0.3) is 0 Å². The van der Waals surface area contributed by atoms with Crippen molar-refractivity contribution in [2.24, 2.45) is 5.92 Å². The van der Waals surface area contributed by atoms with Gasteiger partial charge in [0.2, 0.25) is 0 Å². The first kappa shape index (κ1) is 12.2. The number of rotatable bonds is 2. The number of hydrogen-bond acceptors (Lipinski definition) is 1. The van der Waals surface area contributed by atoms with Gasteiger partial charge < -0.3 is 5.32 Å². The van der Waals surface area contributed by atoms with Crippen LogP contribution in [0.5, 0.6) is 0 Å². The molecule has 1 aliphatic rings. The van der Waals surface area contributed by atoms with E-state index in [0.717, 1.165) is 29.9 Å². The molecule has 2 heteroatoms. The molecule has 1 amide bonds. The van der Waals surface area contributed by atoms with Gasteiger partial charge in [-0.15, -0.1) is 0 Å². The van der Waals surface area contributed by atoms with Gasteiger partial charge in [0, 0.05) is 11.6 Å². The van der Waals surface area contributed by atoms with Crippen molar-refractivity contribution in [1.29, 1.82) is 0 Å². The molecule has 1 N–H and O–H groups in total. The van der Waals surface area contributed by atoms with Crippen LogP contribution in [0.1, 0.15) is 48.5 Å². The van der Waals surface area contributed by atoms with Gasteiger partial charge in [0.15, 0.2) is 0 Å². The monoisotopic (exact) mass is 231 g/mol. The van der Waals surface area contributed by atoms with Crippen LogP contribution in [-0.2, 0) is 0 Å². The van der Waals surface area contributed by atoms with Crippen molar-refractivity contribution in [3.05, 3.63) is 35.4 Å². The number of nitrogens with one attached hydrogen (secondary N) is 1. The normalized spacial score (nSPS) is 24.4. The van der Waals surface area contributed by atoms with Gasteiger partial charge in [0.05, 0.1) is 0 Å². The lowest BCUT2D eigenvalue weighted by molar-refractivity contribution is 0.0921. The second-order valence-electron chi connectivity index (χ2n) is 5.26. The van der Waals surface area contributed by atoms with Crippen LogP contribution in [0.2, 0.25) is 0 Å². The zero-order valence-electron chi connectivity index (χ0n) is 10.7. The standard InChI is InChI=1S/C15H21NO/c1-11-6-5-8-13(10-11)16-15(17)14-9-4-3-7-12(14)2/h3-4,7,9,11,13H,5-6,8,10H2,1-2H3,(H,16,17). The molecule has 0 saturated heterocycles. The third kappa shape index (κ3) is 3.09. The largest absolute Gasteiger partial charge is 0.349 e. The van der Waals surface area contributed by atoms with Gasteiger partial charge in [-0.1, -0.05) is 38.0 Å². The summed E-state index contributed by atoms with van der Waals surface area (Å²) in [5.41, 5.74) is 1.86. The first-order valence-electron chi connectivity index (χ1n) is 6.53. The fraction of sp³-hybridized carbons (Fsp3) is 0.533. The van der Waals surface area contributed by atoms with Gasteiger partial charge in [-0.05, 0) is 37.3 Å². The summed E-state index contributed by atoms with van der Waals surface area (Å²) in [5, 5.41) is 3.17. The Bertz CT molecular complexity index is 400. The number of carbonyl (C=O) groups excluding carboxylic acids is 1. The molecule has 2 nitrogen and oxygen atoms in total. The predicted molar refractivity (Wildman–Crippen MR) is 70.1 cm³/mol. The zero-order valence-corrected chi connectivity index (χ0v) is 10.7. The zero-order chi connectivity index (χ0) is 12.3. The maximum absolute atomic E-state index is 12.1. The van der Waals surface area contributed by atoms with Gasteiger partial charge in [-0.3, -0.25) is 4.79 Å². The molecule has 0 heterocycles. The smallest absolute Gasteiger partial charge is 0.251 e. The molecule has 17 heavy (non-hydrogen) atoms. The SMILES string of the molecule is Cc1ccccc1C(=O)NC1CCCC(C)C1. The quantitative estimate of drug-likeness (QED) is 0.831. The summed E-state index contributed by atoms with van der Waals surface area (Å²) >= 11 is 0. The van der Waals surface area contributed by atoms with Crippen LogP contribution in [0.4, 0.5) is 0 Å². The van der Waals surface area contributed by atoms with Gasteiger partial charge in [-0.25, -0.2) is 0 Å². The number of amides is 1. The number of hydrogen-bond donors (Lipinski definition) is 1. The van der Waals surface area contributed by atoms with E-state index < -0.39 is 0 Å². The molecule has 92 valence electrons. The molecule has 0 spiro atoms. The Labute approximate surface area is 103 Å². The summed E-state index contributed by atoms with van der Waals surface area (Å²) in [6.45, 7) is 4.25. The number of carbonyl (C=O) groups is 1. The Morgan fingerprint density at radius 2 is 2.06 bits per heavy atom. The van der Waals surface area contributed by atoms with E-state index in [1.807, 2.05) is 31.2 Å².